The molecule has 1 N–H and O–H groups in total. The van der Waals surface area contributed by atoms with Crippen molar-refractivity contribution < 1.29 is 9.66 Å². The SMILES string of the molecule is C=CCCOc1nc(NC)ncc1[N+](=O)[O-]. The van der Waals surface area contributed by atoms with Gasteiger partial charge < -0.3 is 10.1 Å². The van der Waals surface area contributed by atoms with Crippen LogP contribution in [0.4, 0.5) is 11.6 Å². The van der Waals surface area contributed by atoms with E-state index in [0.29, 0.717) is 13.0 Å². The number of nitrogens with zero attached hydrogens (tertiary/aromatic N) is 3. The number of hydrogen-bond acceptors (Lipinski definition) is 6. The van der Waals surface area contributed by atoms with Gasteiger partial charge in [0.2, 0.25) is 5.95 Å². The van der Waals surface area contributed by atoms with Crippen molar-refractivity contribution in [3.05, 3.63) is 29.0 Å². The molecule has 0 radical (unpaired) electrons. The van der Waals surface area contributed by atoms with E-state index in [1.807, 2.05) is 0 Å². The standard InChI is InChI=1S/C9H12N4O3/c1-3-4-5-16-8-7(13(14)15)6-11-9(10-2)12-8/h3,6H,1,4-5H2,2H3,(H,10,11,12). The maximum Gasteiger partial charge on any atom is 0.349 e. The average molecular weight is 224 g/mol. The number of nitrogens with one attached hydrogen (secondary N) is 1. The van der Waals surface area contributed by atoms with Crippen LogP contribution in [0, 0.1) is 10.1 Å². The minimum atomic E-state index is -0.581. The Morgan fingerprint density at radius 2 is 2.50 bits per heavy atom. The third-order valence-electron chi connectivity index (χ3n) is 1.72. The molecule has 1 aromatic rings. The lowest BCUT2D eigenvalue weighted by molar-refractivity contribution is -0.386. The minimum absolute atomic E-state index is 0.0359. The summed E-state index contributed by atoms with van der Waals surface area (Å²) in [6.07, 6.45) is 3.37. The summed E-state index contributed by atoms with van der Waals surface area (Å²) in [5.74, 6) is 0.241. The molecular formula is C9H12N4O3. The van der Waals surface area contributed by atoms with Crippen LogP contribution in [0.5, 0.6) is 5.88 Å². The predicted octanol–water partition coefficient (Wildman–Crippen LogP) is 1.38. The van der Waals surface area contributed by atoms with Crippen LogP contribution in [-0.2, 0) is 0 Å². The number of aromatic nitrogens is 2. The normalized spacial score (nSPS) is 9.56. The van der Waals surface area contributed by atoms with Crippen molar-refractivity contribution in [2.45, 2.75) is 6.42 Å². The molecular weight excluding hydrogens is 212 g/mol. The molecule has 7 heteroatoms. The molecule has 0 aromatic carbocycles. The molecule has 0 atom stereocenters. The van der Waals surface area contributed by atoms with Gasteiger partial charge in [-0.25, -0.2) is 4.98 Å². The Kier molecular flexibility index (Phi) is 4.19. The molecule has 0 bridgehead atoms. The Labute approximate surface area is 92.3 Å². The summed E-state index contributed by atoms with van der Waals surface area (Å²) in [6.45, 7) is 3.82. The van der Waals surface area contributed by atoms with Crippen LogP contribution in [-0.4, -0.2) is 28.5 Å². The zero-order valence-corrected chi connectivity index (χ0v) is 8.84. The maximum atomic E-state index is 10.7. The highest BCUT2D eigenvalue weighted by atomic mass is 16.6. The van der Waals surface area contributed by atoms with Crippen molar-refractivity contribution in [2.75, 3.05) is 19.0 Å². The van der Waals surface area contributed by atoms with Gasteiger partial charge in [-0.1, -0.05) is 6.08 Å². The lowest BCUT2D eigenvalue weighted by Gasteiger charge is -2.05. The second-order valence-electron chi connectivity index (χ2n) is 2.82. The van der Waals surface area contributed by atoms with Gasteiger partial charge in [-0.15, -0.1) is 6.58 Å². The Bertz CT molecular complexity index is 394. The molecule has 0 aliphatic rings. The molecule has 0 saturated heterocycles. The largest absolute Gasteiger partial charge is 0.472 e. The van der Waals surface area contributed by atoms with E-state index >= 15 is 0 Å². The number of anilines is 1. The molecule has 0 amide bonds. The highest BCUT2D eigenvalue weighted by molar-refractivity contribution is 5.42. The molecule has 0 aliphatic carbocycles. The summed E-state index contributed by atoms with van der Waals surface area (Å²) >= 11 is 0. The number of ether oxygens (including phenoxy) is 1. The molecule has 1 rings (SSSR count). The van der Waals surface area contributed by atoms with Gasteiger partial charge in [0.25, 0.3) is 5.88 Å². The summed E-state index contributed by atoms with van der Waals surface area (Å²) in [6, 6.07) is 0. The monoisotopic (exact) mass is 224 g/mol. The van der Waals surface area contributed by atoms with Gasteiger partial charge in [0.05, 0.1) is 11.5 Å². The van der Waals surface area contributed by atoms with E-state index in [2.05, 4.69) is 21.9 Å². The van der Waals surface area contributed by atoms with Gasteiger partial charge in [-0.2, -0.15) is 4.98 Å². The zero-order valence-electron chi connectivity index (χ0n) is 8.84. The third kappa shape index (κ3) is 2.91. The minimum Gasteiger partial charge on any atom is -0.472 e. The lowest BCUT2D eigenvalue weighted by atomic mass is 10.4. The van der Waals surface area contributed by atoms with E-state index in [1.165, 1.54) is 0 Å². The van der Waals surface area contributed by atoms with Gasteiger partial charge in [0.15, 0.2) is 0 Å². The molecule has 1 heterocycles. The molecule has 0 unspecified atom stereocenters. The maximum absolute atomic E-state index is 10.7. The van der Waals surface area contributed by atoms with Crippen molar-refractivity contribution in [2.24, 2.45) is 0 Å². The van der Waals surface area contributed by atoms with E-state index in [9.17, 15) is 10.1 Å². The fourth-order valence-electron chi connectivity index (χ4n) is 0.951. The lowest BCUT2D eigenvalue weighted by Crippen LogP contribution is -2.05. The topological polar surface area (TPSA) is 90.2 Å². The fraction of sp³-hybridized carbons (Fsp3) is 0.333. The van der Waals surface area contributed by atoms with Gasteiger partial charge in [0, 0.05) is 7.05 Å². The Morgan fingerprint density at radius 3 is 3.06 bits per heavy atom. The molecule has 1 aromatic heterocycles. The van der Waals surface area contributed by atoms with Gasteiger partial charge in [-0.3, -0.25) is 10.1 Å². The van der Waals surface area contributed by atoms with Crippen molar-refractivity contribution in [3.8, 4) is 5.88 Å². The molecule has 0 aliphatic heterocycles. The van der Waals surface area contributed by atoms with Crippen LogP contribution in [0.25, 0.3) is 0 Å². The van der Waals surface area contributed by atoms with E-state index in [0.717, 1.165) is 6.20 Å². The molecule has 0 saturated carbocycles. The smallest absolute Gasteiger partial charge is 0.349 e. The predicted molar refractivity (Wildman–Crippen MR) is 58.5 cm³/mol. The summed E-state index contributed by atoms with van der Waals surface area (Å²) < 4.78 is 5.18. The van der Waals surface area contributed by atoms with Crippen LogP contribution in [0.1, 0.15) is 6.42 Å². The quantitative estimate of drug-likeness (QED) is 0.340. The van der Waals surface area contributed by atoms with Crippen molar-refractivity contribution >= 4 is 11.6 Å². The van der Waals surface area contributed by atoms with Gasteiger partial charge in [0.1, 0.15) is 6.20 Å². The molecule has 7 nitrogen and oxygen atoms in total. The first-order chi connectivity index (χ1) is 7.69. The van der Waals surface area contributed by atoms with E-state index in [4.69, 9.17) is 4.74 Å². The summed E-state index contributed by atoms with van der Waals surface area (Å²) in [5, 5.41) is 13.3. The van der Waals surface area contributed by atoms with Crippen molar-refractivity contribution in [3.63, 3.8) is 0 Å². The van der Waals surface area contributed by atoms with E-state index in [-0.39, 0.29) is 17.5 Å². The first-order valence-electron chi connectivity index (χ1n) is 4.62. The highest BCUT2D eigenvalue weighted by Crippen LogP contribution is 2.24. The molecule has 0 fully saturated rings. The summed E-state index contributed by atoms with van der Waals surface area (Å²) in [7, 11) is 1.62. The number of nitro groups is 1. The summed E-state index contributed by atoms with van der Waals surface area (Å²) in [4.78, 5) is 17.7. The number of hydrogen-bond donors (Lipinski definition) is 1. The van der Waals surface area contributed by atoms with Crippen molar-refractivity contribution in [1.82, 2.24) is 9.97 Å². The first-order valence-corrected chi connectivity index (χ1v) is 4.62. The second-order valence-corrected chi connectivity index (χ2v) is 2.82. The molecule has 86 valence electrons. The second kappa shape index (κ2) is 5.64. The van der Waals surface area contributed by atoms with Gasteiger partial charge >= 0.3 is 5.69 Å². The summed E-state index contributed by atoms with van der Waals surface area (Å²) in [5.41, 5.74) is -0.247. The van der Waals surface area contributed by atoms with E-state index < -0.39 is 4.92 Å². The fourth-order valence-corrected chi connectivity index (χ4v) is 0.951. The van der Waals surface area contributed by atoms with Crippen LogP contribution >= 0.6 is 0 Å². The molecule has 0 spiro atoms. The average Bonchev–Trinajstić information content (AvgIpc) is 2.29. The third-order valence-corrected chi connectivity index (χ3v) is 1.72. The highest BCUT2D eigenvalue weighted by Gasteiger charge is 2.18. The Morgan fingerprint density at radius 1 is 1.75 bits per heavy atom. The van der Waals surface area contributed by atoms with Crippen LogP contribution in [0.2, 0.25) is 0 Å². The molecule has 16 heavy (non-hydrogen) atoms. The van der Waals surface area contributed by atoms with Crippen LogP contribution < -0.4 is 10.1 Å². The zero-order chi connectivity index (χ0) is 12.0. The Hall–Kier alpha value is -2.18. The number of rotatable bonds is 6. The van der Waals surface area contributed by atoms with Crippen LogP contribution in [0.15, 0.2) is 18.9 Å². The first kappa shape index (κ1) is 11.9. The van der Waals surface area contributed by atoms with E-state index in [1.54, 1.807) is 13.1 Å². The van der Waals surface area contributed by atoms with Crippen LogP contribution in [0.3, 0.4) is 0 Å². The Balaban J connectivity index is 2.91. The van der Waals surface area contributed by atoms with Crippen molar-refractivity contribution in [1.29, 1.82) is 0 Å². The van der Waals surface area contributed by atoms with Gasteiger partial charge in [-0.05, 0) is 6.42 Å².